The average Bonchev–Trinajstić information content (AvgIpc) is 2.67. The molecule has 0 spiro atoms. The van der Waals surface area contributed by atoms with Gasteiger partial charge in [0.25, 0.3) is 0 Å². The highest BCUT2D eigenvalue weighted by Gasteiger charge is 2.13. The number of rotatable bonds is 8. The van der Waals surface area contributed by atoms with Gasteiger partial charge in [-0.25, -0.2) is 4.79 Å². The van der Waals surface area contributed by atoms with E-state index >= 15 is 0 Å². The summed E-state index contributed by atoms with van der Waals surface area (Å²) in [5, 5.41) is 5.94. The Morgan fingerprint density at radius 3 is 2.07 bits per heavy atom. The Labute approximate surface area is 163 Å². The van der Waals surface area contributed by atoms with Gasteiger partial charge in [0.15, 0.2) is 11.5 Å². The van der Waals surface area contributed by atoms with E-state index in [2.05, 4.69) is 10.6 Å². The van der Waals surface area contributed by atoms with Gasteiger partial charge in [0.1, 0.15) is 5.75 Å². The number of hydrogen-bond donors (Lipinski definition) is 2. The van der Waals surface area contributed by atoms with E-state index in [1.54, 1.807) is 39.5 Å². The van der Waals surface area contributed by atoms with Gasteiger partial charge in [-0.15, -0.1) is 0 Å². The van der Waals surface area contributed by atoms with E-state index in [0.29, 0.717) is 46.7 Å². The van der Waals surface area contributed by atoms with E-state index in [4.69, 9.17) is 30.5 Å². The first kappa shape index (κ1) is 20.5. The fraction of sp³-hybridized carbons (Fsp3) is 0.316. The average molecular weight is 395 g/mol. The fourth-order valence-corrected chi connectivity index (χ4v) is 2.78. The van der Waals surface area contributed by atoms with Crippen LogP contribution in [0.5, 0.6) is 23.0 Å². The molecule has 2 N–H and O–H groups in total. The minimum atomic E-state index is -0.330. The second-order valence-corrected chi connectivity index (χ2v) is 5.92. The molecule has 0 unspecified atom stereocenters. The predicted octanol–water partition coefficient (Wildman–Crippen LogP) is 3.74. The molecule has 2 rings (SSSR count). The van der Waals surface area contributed by atoms with Gasteiger partial charge in [-0.2, -0.15) is 0 Å². The molecule has 0 radical (unpaired) electrons. The summed E-state index contributed by atoms with van der Waals surface area (Å²) in [6.45, 7) is 0.425. The van der Waals surface area contributed by atoms with Crippen LogP contribution in [0.2, 0.25) is 5.02 Å². The van der Waals surface area contributed by atoms with Gasteiger partial charge in [-0.1, -0.05) is 11.6 Å². The first-order chi connectivity index (χ1) is 13.0. The molecule has 27 heavy (non-hydrogen) atoms. The molecule has 0 aliphatic heterocycles. The van der Waals surface area contributed by atoms with E-state index in [1.165, 1.54) is 7.11 Å². The Balaban J connectivity index is 1.94. The number of halogens is 1. The molecule has 146 valence electrons. The van der Waals surface area contributed by atoms with Crippen LogP contribution in [0.4, 0.5) is 10.5 Å². The number of ether oxygens (including phenoxy) is 4. The summed E-state index contributed by atoms with van der Waals surface area (Å²) < 4.78 is 21.0. The van der Waals surface area contributed by atoms with Crippen molar-refractivity contribution in [1.82, 2.24) is 5.32 Å². The van der Waals surface area contributed by atoms with Crippen molar-refractivity contribution in [2.45, 2.75) is 6.42 Å². The first-order valence-electron chi connectivity index (χ1n) is 8.19. The Kier molecular flexibility index (Phi) is 7.43. The van der Waals surface area contributed by atoms with E-state index in [0.717, 1.165) is 5.56 Å². The van der Waals surface area contributed by atoms with E-state index in [9.17, 15) is 4.79 Å². The number of nitrogens with one attached hydrogen (secondary N) is 2. The predicted molar refractivity (Wildman–Crippen MR) is 105 cm³/mol. The smallest absolute Gasteiger partial charge is 0.319 e. The number of benzene rings is 2. The molecule has 2 amide bonds. The molecule has 2 aromatic carbocycles. The lowest BCUT2D eigenvalue weighted by Crippen LogP contribution is -2.30. The molecule has 2 aromatic rings. The number of hydrogen-bond acceptors (Lipinski definition) is 5. The van der Waals surface area contributed by atoms with E-state index in [-0.39, 0.29) is 6.03 Å². The highest BCUT2D eigenvalue weighted by atomic mass is 35.5. The summed E-state index contributed by atoms with van der Waals surface area (Å²) in [4.78, 5) is 12.0. The molecule has 0 saturated carbocycles. The lowest BCUT2D eigenvalue weighted by atomic mass is 10.1. The first-order valence-corrected chi connectivity index (χ1v) is 8.57. The molecule has 8 heteroatoms. The summed E-state index contributed by atoms with van der Waals surface area (Å²) in [7, 11) is 6.21. The number of amides is 2. The second-order valence-electron chi connectivity index (χ2n) is 5.51. The minimum Gasteiger partial charge on any atom is -0.495 e. The maximum Gasteiger partial charge on any atom is 0.319 e. The van der Waals surface area contributed by atoms with Crippen LogP contribution in [0, 0.1) is 0 Å². The van der Waals surface area contributed by atoms with Crippen LogP contribution in [0.25, 0.3) is 0 Å². The zero-order chi connectivity index (χ0) is 19.8. The number of methoxy groups -OCH3 is 4. The second kappa shape index (κ2) is 9.78. The lowest BCUT2D eigenvalue weighted by molar-refractivity contribution is 0.252. The van der Waals surface area contributed by atoms with Gasteiger partial charge in [0, 0.05) is 12.2 Å². The maximum absolute atomic E-state index is 12.0. The quantitative estimate of drug-likeness (QED) is 0.713. The standard InChI is InChI=1S/C19H23ClN2O5/c1-24-15-6-5-13(11-14(15)20)22-19(23)21-8-7-12-9-16(25-2)18(27-4)17(10-12)26-3/h5-6,9-11H,7-8H2,1-4H3,(H2,21,22,23). The van der Waals surface area contributed by atoms with Crippen LogP contribution in [0.3, 0.4) is 0 Å². The SMILES string of the molecule is COc1ccc(NC(=O)NCCc2cc(OC)c(OC)c(OC)c2)cc1Cl. The third-order valence-electron chi connectivity index (χ3n) is 3.83. The number of carbonyl (C=O) groups excluding carboxylic acids is 1. The van der Waals surface area contributed by atoms with Crippen molar-refractivity contribution in [3.8, 4) is 23.0 Å². The Bertz CT molecular complexity index is 773. The molecular weight excluding hydrogens is 372 g/mol. The minimum absolute atomic E-state index is 0.330. The fourth-order valence-electron chi connectivity index (χ4n) is 2.52. The monoisotopic (exact) mass is 394 g/mol. The third-order valence-corrected chi connectivity index (χ3v) is 4.13. The Hall–Kier alpha value is -2.80. The molecule has 0 aliphatic rings. The summed E-state index contributed by atoms with van der Waals surface area (Å²) >= 11 is 6.05. The van der Waals surface area contributed by atoms with Crippen molar-refractivity contribution in [2.24, 2.45) is 0 Å². The van der Waals surface area contributed by atoms with Gasteiger partial charge in [0.2, 0.25) is 5.75 Å². The van der Waals surface area contributed by atoms with Crippen LogP contribution in [-0.2, 0) is 6.42 Å². The van der Waals surface area contributed by atoms with Crippen LogP contribution < -0.4 is 29.6 Å². The van der Waals surface area contributed by atoms with Crippen molar-refractivity contribution in [2.75, 3.05) is 40.3 Å². The number of urea groups is 1. The summed E-state index contributed by atoms with van der Waals surface area (Å²) in [6.07, 6.45) is 0.591. The van der Waals surface area contributed by atoms with Gasteiger partial charge < -0.3 is 29.6 Å². The van der Waals surface area contributed by atoms with Crippen molar-refractivity contribution < 1.29 is 23.7 Å². The molecule has 0 atom stereocenters. The molecule has 0 bridgehead atoms. The van der Waals surface area contributed by atoms with Gasteiger partial charge >= 0.3 is 6.03 Å². The van der Waals surface area contributed by atoms with E-state index < -0.39 is 0 Å². The lowest BCUT2D eigenvalue weighted by Gasteiger charge is -2.14. The van der Waals surface area contributed by atoms with Crippen molar-refractivity contribution in [3.63, 3.8) is 0 Å². The Morgan fingerprint density at radius 2 is 1.56 bits per heavy atom. The summed E-state index contributed by atoms with van der Waals surface area (Å²) in [5.41, 5.74) is 1.52. The van der Waals surface area contributed by atoms with Gasteiger partial charge in [-0.3, -0.25) is 0 Å². The van der Waals surface area contributed by atoms with Crippen molar-refractivity contribution in [3.05, 3.63) is 40.9 Å². The van der Waals surface area contributed by atoms with Crippen LogP contribution >= 0.6 is 11.6 Å². The third kappa shape index (κ3) is 5.34. The largest absolute Gasteiger partial charge is 0.495 e. The molecule has 0 aliphatic carbocycles. The maximum atomic E-state index is 12.0. The zero-order valence-corrected chi connectivity index (χ0v) is 16.5. The zero-order valence-electron chi connectivity index (χ0n) is 15.7. The molecule has 0 heterocycles. The molecular formula is C19H23ClN2O5. The Morgan fingerprint density at radius 1 is 0.926 bits per heavy atom. The highest BCUT2D eigenvalue weighted by Crippen LogP contribution is 2.38. The number of carbonyl (C=O) groups is 1. The molecule has 0 aromatic heterocycles. The van der Waals surface area contributed by atoms with Gasteiger partial charge in [-0.05, 0) is 42.3 Å². The van der Waals surface area contributed by atoms with Crippen molar-refractivity contribution in [1.29, 1.82) is 0 Å². The topological polar surface area (TPSA) is 78.1 Å². The summed E-state index contributed by atoms with van der Waals surface area (Å²) in [6, 6.07) is 8.40. The summed E-state index contributed by atoms with van der Waals surface area (Å²) in [5.74, 6) is 2.23. The highest BCUT2D eigenvalue weighted by molar-refractivity contribution is 6.32. The van der Waals surface area contributed by atoms with Crippen LogP contribution in [-0.4, -0.2) is 41.0 Å². The normalized spacial score (nSPS) is 10.1. The van der Waals surface area contributed by atoms with Crippen LogP contribution in [0.1, 0.15) is 5.56 Å². The van der Waals surface area contributed by atoms with E-state index in [1.807, 2.05) is 12.1 Å². The van der Waals surface area contributed by atoms with Crippen molar-refractivity contribution >= 4 is 23.3 Å². The number of anilines is 1. The molecule has 7 nitrogen and oxygen atoms in total. The molecule has 0 fully saturated rings. The molecule has 0 saturated heterocycles. The van der Waals surface area contributed by atoms with Gasteiger partial charge in [0.05, 0.1) is 33.5 Å². The van der Waals surface area contributed by atoms with Crippen LogP contribution in [0.15, 0.2) is 30.3 Å².